The molecule has 1 aromatic carbocycles. The van der Waals surface area contributed by atoms with Gasteiger partial charge in [-0.3, -0.25) is 4.90 Å². The van der Waals surface area contributed by atoms with Crippen molar-refractivity contribution in [2.75, 3.05) is 19.6 Å². The van der Waals surface area contributed by atoms with Gasteiger partial charge in [0.25, 0.3) is 0 Å². The zero-order valence-electron chi connectivity index (χ0n) is 11.5. The fourth-order valence-electron chi connectivity index (χ4n) is 2.87. The maximum atomic E-state index is 2.50. The first-order valence-electron chi connectivity index (χ1n) is 6.62. The van der Waals surface area contributed by atoms with Crippen LogP contribution in [0.1, 0.15) is 30.5 Å². The molecule has 1 aromatic rings. The molecule has 1 aliphatic heterocycles. The standard InChI is InChI=1S/C16H23N/c1-5-17-10-9-15(14(4)11-17)16-12(2)7-6-8-13(16)3/h6-9,14H,5,10-11H2,1-4H3/t14-/m1/s1. The van der Waals surface area contributed by atoms with E-state index in [2.05, 4.69) is 56.9 Å². The van der Waals surface area contributed by atoms with E-state index in [1.54, 1.807) is 5.57 Å². The third-order valence-electron chi connectivity index (χ3n) is 3.85. The summed E-state index contributed by atoms with van der Waals surface area (Å²) in [5.41, 5.74) is 5.85. The molecule has 1 aliphatic rings. The highest BCUT2D eigenvalue weighted by molar-refractivity contribution is 5.73. The summed E-state index contributed by atoms with van der Waals surface area (Å²) in [4.78, 5) is 2.50. The van der Waals surface area contributed by atoms with Crippen LogP contribution in [0, 0.1) is 19.8 Å². The molecule has 92 valence electrons. The van der Waals surface area contributed by atoms with Gasteiger partial charge in [0, 0.05) is 13.1 Å². The number of hydrogen-bond donors (Lipinski definition) is 0. The average molecular weight is 229 g/mol. The topological polar surface area (TPSA) is 3.24 Å². The van der Waals surface area contributed by atoms with Gasteiger partial charge in [0.2, 0.25) is 0 Å². The van der Waals surface area contributed by atoms with Crippen LogP contribution in [0.25, 0.3) is 5.57 Å². The van der Waals surface area contributed by atoms with E-state index in [1.807, 2.05) is 0 Å². The second-order valence-corrected chi connectivity index (χ2v) is 5.18. The predicted octanol–water partition coefficient (Wildman–Crippen LogP) is 3.66. The zero-order chi connectivity index (χ0) is 12.4. The second-order valence-electron chi connectivity index (χ2n) is 5.18. The fraction of sp³-hybridized carbons (Fsp3) is 0.500. The number of rotatable bonds is 2. The Hall–Kier alpha value is -1.08. The molecule has 0 N–H and O–H groups in total. The molecule has 1 heteroatoms. The highest BCUT2D eigenvalue weighted by atomic mass is 15.1. The summed E-state index contributed by atoms with van der Waals surface area (Å²) in [6.45, 7) is 12.5. The molecule has 0 unspecified atom stereocenters. The minimum atomic E-state index is 0.642. The maximum absolute atomic E-state index is 2.50. The van der Waals surface area contributed by atoms with Crippen molar-refractivity contribution in [3.8, 4) is 0 Å². The van der Waals surface area contributed by atoms with E-state index in [1.165, 1.54) is 23.2 Å². The number of aryl methyl sites for hydroxylation is 2. The monoisotopic (exact) mass is 229 g/mol. The van der Waals surface area contributed by atoms with Gasteiger partial charge in [0.05, 0.1) is 0 Å². The smallest absolute Gasteiger partial charge is 0.0169 e. The number of hydrogen-bond acceptors (Lipinski definition) is 1. The summed E-state index contributed by atoms with van der Waals surface area (Å²) in [5.74, 6) is 0.642. The minimum Gasteiger partial charge on any atom is -0.299 e. The van der Waals surface area contributed by atoms with Crippen molar-refractivity contribution in [1.82, 2.24) is 4.90 Å². The van der Waals surface area contributed by atoms with E-state index >= 15 is 0 Å². The quantitative estimate of drug-likeness (QED) is 0.748. The van der Waals surface area contributed by atoms with Gasteiger partial charge in [-0.1, -0.05) is 38.1 Å². The molecule has 0 saturated heterocycles. The second kappa shape index (κ2) is 5.05. The number of benzene rings is 1. The maximum Gasteiger partial charge on any atom is 0.0169 e. The molecule has 1 nitrogen and oxygen atoms in total. The number of nitrogens with zero attached hydrogens (tertiary/aromatic N) is 1. The van der Waals surface area contributed by atoms with Crippen molar-refractivity contribution in [3.05, 3.63) is 41.0 Å². The van der Waals surface area contributed by atoms with Gasteiger partial charge in [0.1, 0.15) is 0 Å². The van der Waals surface area contributed by atoms with Crippen molar-refractivity contribution in [3.63, 3.8) is 0 Å². The lowest BCUT2D eigenvalue weighted by Gasteiger charge is -2.31. The molecule has 0 fully saturated rings. The molecule has 1 atom stereocenters. The van der Waals surface area contributed by atoms with Crippen LogP contribution < -0.4 is 0 Å². The molecule has 17 heavy (non-hydrogen) atoms. The zero-order valence-corrected chi connectivity index (χ0v) is 11.5. The summed E-state index contributed by atoms with van der Waals surface area (Å²) in [7, 11) is 0. The van der Waals surface area contributed by atoms with Crippen molar-refractivity contribution in [2.45, 2.75) is 27.7 Å². The molecule has 2 rings (SSSR count). The Bertz CT molecular complexity index is 411. The van der Waals surface area contributed by atoms with Gasteiger partial charge in [0.15, 0.2) is 0 Å². The first kappa shape index (κ1) is 12.4. The van der Waals surface area contributed by atoms with Crippen LogP contribution in [0.2, 0.25) is 0 Å². The van der Waals surface area contributed by atoms with Crippen molar-refractivity contribution < 1.29 is 0 Å². The Labute approximate surface area is 105 Å². The Balaban J connectivity index is 2.37. The lowest BCUT2D eigenvalue weighted by molar-refractivity contribution is 0.285. The fourth-order valence-corrected chi connectivity index (χ4v) is 2.87. The van der Waals surface area contributed by atoms with Crippen LogP contribution in [0.4, 0.5) is 0 Å². The average Bonchev–Trinajstić information content (AvgIpc) is 2.30. The third kappa shape index (κ3) is 2.44. The van der Waals surface area contributed by atoms with Crippen LogP contribution in [-0.4, -0.2) is 24.5 Å². The highest BCUT2D eigenvalue weighted by Gasteiger charge is 2.20. The van der Waals surface area contributed by atoms with Crippen LogP contribution in [0.15, 0.2) is 24.3 Å². The molecule has 1 heterocycles. The molecule has 0 aromatic heterocycles. The summed E-state index contributed by atoms with van der Waals surface area (Å²) in [6.07, 6.45) is 2.42. The Kier molecular flexibility index (Phi) is 3.68. The summed E-state index contributed by atoms with van der Waals surface area (Å²) < 4.78 is 0. The van der Waals surface area contributed by atoms with Gasteiger partial charge in [-0.25, -0.2) is 0 Å². The van der Waals surface area contributed by atoms with Gasteiger partial charge >= 0.3 is 0 Å². The summed E-state index contributed by atoms with van der Waals surface area (Å²) >= 11 is 0. The number of likely N-dealkylation sites (N-methyl/N-ethyl adjacent to an activating group) is 1. The van der Waals surface area contributed by atoms with Crippen LogP contribution in [-0.2, 0) is 0 Å². The predicted molar refractivity (Wildman–Crippen MR) is 75.2 cm³/mol. The van der Waals surface area contributed by atoms with Gasteiger partial charge < -0.3 is 0 Å². The van der Waals surface area contributed by atoms with E-state index in [-0.39, 0.29) is 0 Å². The lowest BCUT2D eigenvalue weighted by Crippen LogP contribution is -2.33. The minimum absolute atomic E-state index is 0.642. The van der Waals surface area contributed by atoms with E-state index in [0.29, 0.717) is 5.92 Å². The van der Waals surface area contributed by atoms with Crippen LogP contribution in [0.5, 0.6) is 0 Å². The summed E-state index contributed by atoms with van der Waals surface area (Å²) in [6, 6.07) is 6.60. The third-order valence-corrected chi connectivity index (χ3v) is 3.85. The van der Waals surface area contributed by atoms with Gasteiger partial charge in [-0.2, -0.15) is 0 Å². The molecule has 0 bridgehead atoms. The van der Waals surface area contributed by atoms with Crippen LogP contribution in [0.3, 0.4) is 0 Å². The lowest BCUT2D eigenvalue weighted by atomic mass is 9.86. The van der Waals surface area contributed by atoms with Crippen molar-refractivity contribution in [1.29, 1.82) is 0 Å². The normalized spacial score (nSPS) is 21.4. The molecular weight excluding hydrogens is 206 g/mol. The van der Waals surface area contributed by atoms with E-state index in [0.717, 1.165) is 13.1 Å². The molecule has 0 aliphatic carbocycles. The van der Waals surface area contributed by atoms with Crippen molar-refractivity contribution >= 4 is 5.57 Å². The van der Waals surface area contributed by atoms with Crippen molar-refractivity contribution in [2.24, 2.45) is 5.92 Å². The Morgan fingerprint density at radius 2 is 1.88 bits per heavy atom. The van der Waals surface area contributed by atoms with Gasteiger partial charge in [-0.05, 0) is 48.6 Å². The van der Waals surface area contributed by atoms with E-state index < -0.39 is 0 Å². The molecule has 0 amide bonds. The SMILES string of the molecule is CCN1CC=C(c2c(C)cccc2C)[C@H](C)C1. The Morgan fingerprint density at radius 1 is 1.24 bits per heavy atom. The Morgan fingerprint density at radius 3 is 2.41 bits per heavy atom. The largest absolute Gasteiger partial charge is 0.299 e. The first-order valence-corrected chi connectivity index (χ1v) is 6.62. The van der Waals surface area contributed by atoms with E-state index in [9.17, 15) is 0 Å². The van der Waals surface area contributed by atoms with Gasteiger partial charge in [-0.15, -0.1) is 0 Å². The molecule has 0 spiro atoms. The first-order chi connectivity index (χ1) is 8.13. The molecule has 0 radical (unpaired) electrons. The highest BCUT2D eigenvalue weighted by Crippen LogP contribution is 2.31. The molecular formula is C16H23N. The van der Waals surface area contributed by atoms with E-state index in [4.69, 9.17) is 0 Å². The van der Waals surface area contributed by atoms with Crippen LogP contribution >= 0.6 is 0 Å². The summed E-state index contributed by atoms with van der Waals surface area (Å²) in [5, 5.41) is 0. The molecule has 0 saturated carbocycles.